The number of nitrogens with zero attached hydrogens (tertiary/aromatic N) is 1. The number of halogens is 1. The van der Waals surface area contributed by atoms with E-state index in [0.717, 1.165) is 9.79 Å². The smallest absolute Gasteiger partial charge is 0.309 e. The normalized spacial score (nSPS) is 14.0. The third kappa shape index (κ3) is 6.21. The third-order valence-electron chi connectivity index (χ3n) is 5.40. The molecule has 2 aromatic carbocycles. The number of anilines is 1. The van der Waals surface area contributed by atoms with Crippen LogP contribution in [0.3, 0.4) is 0 Å². The van der Waals surface area contributed by atoms with Crippen molar-refractivity contribution < 1.29 is 23.5 Å². The number of carbonyl (C=O) groups is 3. The number of carbonyl (C=O) groups excluding carboxylic acids is 3. The lowest BCUT2D eigenvalue weighted by molar-refractivity contribution is -0.152. The second kappa shape index (κ2) is 11.3. The molecule has 0 aliphatic carbocycles. The Bertz CT molecular complexity index is 1140. The number of ether oxygens (including phenoxy) is 1. The number of hydrogen-bond donors (Lipinski definition) is 1. The quantitative estimate of drug-likeness (QED) is 0.455. The van der Waals surface area contributed by atoms with E-state index in [4.69, 9.17) is 20.8 Å². The Morgan fingerprint density at radius 2 is 1.76 bits per heavy atom. The van der Waals surface area contributed by atoms with Crippen molar-refractivity contribution in [2.45, 2.75) is 22.6 Å². The zero-order valence-electron chi connectivity index (χ0n) is 18.2. The van der Waals surface area contributed by atoms with Gasteiger partial charge in [0.2, 0.25) is 0 Å². The summed E-state index contributed by atoms with van der Waals surface area (Å²) in [5, 5.41) is 3.47. The first-order valence-corrected chi connectivity index (χ1v) is 12.0. The highest BCUT2D eigenvalue weighted by Gasteiger charge is 2.30. The highest BCUT2D eigenvalue weighted by atomic mass is 35.5. The number of esters is 1. The molecule has 2 amide bonds. The lowest BCUT2D eigenvalue weighted by Crippen LogP contribution is -2.40. The summed E-state index contributed by atoms with van der Waals surface area (Å²) in [5.41, 5.74) is 0.633. The number of furan rings is 1. The van der Waals surface area contributed by atoms with Crippen molar-refractivity contribution >= 4 is 46.8 Å². The fourth-order valence-electron chi connectivity index (χ4n) is 3.60. The first kappa shape index (κ1) is 23.9. The van der Waals surface area contributed by atoms with E-state index in [0.29, 0.717) is 36.6 Å². The maximum atomic E-state index is 12.5. The van der Waals surface area contributed by atoms with Gasteiger partial charge in [-0.1, -0.05) is 35.5 Å². The molecular weight excluding hydrogens is 476 g/mol. The van der Waals surface area contributed by atoms with Gasteiger partial charge in [0.05, 0.1) is 17.9 Å². The second-order valence-corrected chi connectivity index (χ2v) is 9.30. The largest absolute Gasteiger partial charge is 0.459 e. The van der Waals surface area contributed by atoms with Crippen LogP contribution in [-0.2, 0) is 14.3 Å². The SMILES string of the molecule is O=C(COC(=O)C1CCN(C(=O)c2ccco2)CC1)Nc1ccccc1Sc1ccc(Cl)cc1. The lowest BCUT2D eigenvalue weighted by Gasteiger charge is -2.30. The van der Waals surface area contributed by atoms with E-state index >= 15 is 0 Å². The Kier molecular flexibility index (Phi) is 7.92. The molecule has 7 nitrogen and oxygen atoms in total. The first-order valence-electron chi connectivity index (χ1n) is 10.8. The number of para-hydroxylation sites is 1. The number of amides is 2. The molecule has 34 heavy (non-hydrogen) atoms. The molecular formula is C25H23ClN2O5S. The fourth-order valence-corrected chi connectivity index (χ4v) is 4.63. The van der Waals surface area contributed by atoms with Gasteiger partial charge >= 0.3 is 5.97 Å². The number of piperidine rings is 1. The average Bonchev–Trinajstić information content (AvgIpc) is 3.40. The summed E-state index contributed by atoms with van der Waals surface area (Å²) >= 11 is 7.44. The van der Waals surface area contributed by atoms with E-state index in [9.17, 15) is 14.4 Å². The Labute approximate surface area is 206 Å². The molecule has 1 saturated heterocycles. The van der Waals surface area contributed by atoms with Gasteiger partial charge < -0.3 is 19.4 Å². The molecule has 0 unspecified atom stereocenters. The van der Waals surface area contributed by atoms with E-state index < -0.39 is 11.9 Å². The topological polar surface area (TPSA) is 88.9 Å². The summed E-state index contributed by atoms with van der Waals surface area (Å²) in [6.07, 6.45) is 2.41. The van der Waals surface area contributed by atoms with Crippen LogP contribution < -0.4 is 5.32 Å². The van der Waals surface area contributed by atoms with Gasteiger partial charge in [-0.05, 0) is 61.4 Å². The molecule has 0 radical (unpaired) electrons. The molecule has 9 heteroatoms. The van der Waals surface area contributed by atoms with Crippen molar-refractivity contribution in [2.24, 2.45) is 5.92 Å². The molecule has 1 fully saturated rings. The molecule has 0 spiro atoms. The number of hydrogen-bond acceptors (Lipinski definition) is 6. The molecule has 176 valence electrons. The van der Waals surface area contributed by atoms with E-state index in [1.165, 1.54) is 18.0 Å². The molecule has 1 N–H and O–H groups in total. The van der Waals surface area contributed by atoms with Crippen LogP contribution in [0.25, 0.3) is 0 Å². The van der Waals surface area contributed by atoms with Gasteiger partial charge in [-0.2, -0.15) is 0 Å². The van der Waals surface area contributed by atoms with Crippen LogP contribution in [0, 0.1) is 5.92 Å². The number of rotatable bonds is 7. The van der Waals surface area contributed by atoms with Gasteiger partial charge in [-0.15, -0.1) is 0 Å². The monoisotopic (exact) mass is 498 g/mol. The van der Waals surface area contributed by atoms with Gasteiger partial charge in [-0.25, -0.2) is 0 Å². The van der Waals surface area contributed by atoms with Crippen LogP contribution >= 0.6 is 23.4 Å². The Morgan fingerprint density at radius 3 is 2.47 bits per heavy atom. The second-order valence-electron chi connectivity index (χ2n) is 7.75. The Balaban J connectivity index is 1.25. The summed E-state index contributed by atoms with van der Waals surface area (Å²) in [5.74, 6) is -1.09. The van der Waals surface area contributed by atoms with Crippen LogP contribution in [0.5, 0.6) is 0 Å². The summed E-state index contributed by atoms with van der Waals surface area (Å²) < 4.78 is 10.4. The molecule has 4 rings (SSSR count). The molecule has 1 aliphatic rings. The first-order chi connectivity index (χ1) is 16.5. The standard InChI is InChI=1S/C25H23ClN2O5S/c26-18-7-9-19(10-8-18)34-22-6-2-1-4-20(22)27-23(29)16-33-25(31)17-11-13-28(14-12-17)24(30)21-5-3-15-32-21/h1-10,15,17H,11-14,16H2,(H,27,29). The molecule has 0 bridgehead atoms. The van der Waals surface area contributed by atoms with Crippen molar-refractivity contribution in [2.75, 3.05) is 25.0 Å². The highest BCUT2D eigenvalue weighted by molar-refractivity contribution is 7.99. The van der Waals surface area contributed by atoms with Crippen LogP contribution in [-0.4, -0.2) is 42.4 Å². The highest BCUT2D eigenvalue weighted by Crippen LogP contribution is 2.33. The van der Waals surface area contributed by atoms with Gasteiger partial charge in [0, 0.05) is 27.9 Å². The van der Waals surface area contributed by atoms with E-state index in [2.05, 4.69) is 5.32 Å². The summed E-state index contributed by atoms with van der Waals surface area (Å²) in [6, 6.07) is 18.1. The Morgan fingerprint density at radius 1 is 1.03 bits per heavy atom. The van der Waals surface area contributed by atoms with Crippen molar-refractivity contribution in [1.82, 2.24) is 4.90 Å². The molecule has 3 aromatic rings. The predicted molar refractivity (Wildman–Crippen MR) is 129 cm³/mol. The van der Waals surface area contributed by atoms with Crippen LogP contribution in [0.1, 0.15) is 23.4 Å². The van der Waals surface area contributed by atoms with Gasteiger partial charge in [-0.3, -0.25) is 14.4 Å². The zero-order valence-corrected chi connectivity index (χ0v) is 19.8. The van der Waals surface area contributed by atoms with Gasteiger partial charge in [0.25, 0.3) is 11.8 Å². The van der Waals surface area contributed by atoms with Crippen LogP contribution in [0.2, 0.25) is 5.02 Å². The van der Waals surface area contributed by atoms with E-state index in [1.807, 2.05) is 42.5 Å². The minimum atomic E-state index is -0.427. The third-order valence-corrected chi connectivity index (χ3v) is 6.73. The summed E-state index contributed by atoms with van der Waals surface area (Å²) in [7, 11) is 0. The molecule has 2 heterocycles. The maximum Gasteiger partial charge on any atom is 0.309 e. The molecule has 0 saturated carbocycles. The molecule has 0 atom stereocenters. The van der Waals surface area contributed by atoms with E-state index in [1.54, 1.807) is 23.1 Å². The molecule has 1 aromatic heterocycles. The van der Waals surface area contributed by atoms with Crippen molar-refractivity contribution in [3.8, 4) is 0 Å². The van der Waals surface area contributed by atoms with E-state index in [-0.39, 0.29) is 24.2 Å². The van der Waals surface area contributed by atoms with Crippen LogP contribution in [0.15, 0.2) is 81.1 Å². The maximum absolute atomic E-state index is 12.5. The molecule has 1 aliphatic heterocycles. The summed E-state index contributed by atoms with van der Waals surface area (Å²) in [4.78, 5) is 40.7. The van der Waals surface area contributed by atoms with Crippen molar-refractivity contribution in [3.63, 3.8) is 0 Å². The number of likely N-dealkylation sites (tertiary alicyclic amines) is 1. The number of benzene rings is 2. The number of nitrogens with one attached hydrogen (secondary N) is 1. The Hall–Kier alpha value is -3.23. The average molecular weight is 499 g/mol. The van der Waals surface area contributed by atoms with Crippen LogP contribution in [0.4, 0.5) is 5.69 Å². The summed E-state index contributed by atoms with van der Waals surface area (Å²) in [6.45, 7) is 0.492. The lowest BCUT2D eigenvalue weighted by atomic mass is 9.97. The van der Waals surface area contributed by atoms with Gasteiger partial charge in [0.15, 0.2) is 12.4 Å². The predicted octanol–water partition coefficient (Wildman–Crippen LogP) is 5.12. The van der Waals surface area contributed by atoms with Crippen molar-refractivity contribution in [3.05, 3.63) is 77.7 Å². The minimum Gasteiger partial charge on any atom is -0.459 e. The fraction of sp³-hybridized carbons (Fsp3) is 0.240. The minimum absolute atomic E-state index is 0.189. The zero-order chi connectivity index (χ0) is 23.9. The van der Waals surface area contributed by atoms with Gasteiger partial charge in [0.1, 0.15) is 0 Å². The van der Waals surface area contributed by atoms with Crippen molar-refractivity contribution in [1.29, 1.82) is 0 Å².